The smallest absolute Gasteiger partial charge is 0.255 e. The molecule has 0 radical (unpaired) electrons. The lowest BCUT2D eigenvalue weighted by Gasteiger charge is -2.12. The fraction of sp³-hybridized carbons (Fsp3) is 0.318. The third-order valence-corrected chi connectivity index (χ3v) is 5.96. The minimum atomic E-state index is -3.63. The van der Waals surface area contributed by atoms with E-state index in [0.29, 0.717) is 17.8 Å². The molecule has 2 aromatic carbocycles. The number of amides is 1. The van der Waals surface area contributed by atoms with Crippen LogP contribution in [0.4, 0.5) is 5.69 Å². The zero-order valence-corrected chi connectivity index (χ0v) is 17.3. The molecule has 0 saturated carbocycles. The summed E-state index contributed by atoms with van der Waals surface area (Å²) in [4.78, 5) is 13.9. The largest absolute Gasteiger partial charge is 0.352 e. The molecule has 1 saturated heterocycles. The normalized spacial score (nSPS) is 14.9. The van der Waals surface area contributed by atoms with E-state index in [1.165, 1.54) is 32.0 Å². The van der Waals surface area contributed by atoms with Crippen LogP contribution in [0.3, 0.4) is 0 Å². The topological polar surface area (TPSA) is 79.7 Å². The van der Waals surface area contributed by atoms with Gasteiger partial charge in [0.05, 0.1) is 25.0 Å². The van der Waals surface area contributed by atoms with Gasteiger partial charge in [-0.25, -0.2) is 8.42 Å². The highest BCUT2D eigenvalue weighted by Crippen LogP contribution is 2.13. The van der Waals surface area contributed by atoms with Crippen LogP contribution in [-0.2, 0) is 10.0 Å². The fourth-order valence-electron chi connectivity index (χ4n) is 3.39. The third-order valence-electron chi connectivity index (χ3n) is 4.95. The number of sulfonamides is 1. The minimum absolute atomic E-state index is 0.139. The summed E-state index contributed by atoms with van der Waals surface area (Å²) in [6.07, 6.45) is 5.11. The summed E-state index contributed by atoms with van der Waals surface area (Å²) in [7, 11) is -3.63. The van der Waals surface area contributed by atoms with Crippen LogP contribution in [0.15, 0.2) is 60.0 Å². The molecule has 2 aromatic rings. The van der Waals surface area contributed by atoms with Crippen LogP contribution in [0.5, 0.6) is 0 Å². The first-order valence-electron chi connectivity index (χ1n) is 10.00. The van der Waals surface area contributed by atoms with Gasteiger partial charge in [0, 0.05) is 37.1 Å². The summed E-state index contributed by atoms with van der Waals surface area (Å²) in [5.74, 6) is -0.139. The Hall–Kier alpha value is -2.64. The molecule has 1 heterocycles. The fourth-order valence-corrected chi connectivity index (χ4v) is 4.26. The van der Waals surface area contributed by atoms with Crippen molar-refractivity contribution in [3.8, 4) is 0 Å². The number of hydrogen-bond acceptors (Lipinski definition) is 3. The lowest BCUT2D eigenvalue weighted by Crippen LogP contribution is -3.10. The number of likely N-dealkylation sites (tertiary alicyclic amines) is 1. The van der Waals surface area contributed by atoms with Crippen LogP contribution in [0.2, 0.25) is 0 Å². The summed E-state index contributed by atoms with van der Waals surface area (Å²) < 4.78 is 26.9. The average Bonchev–Trinajstić information content (AvgIpc) is 3.24. The van der Waals surface area contributed by atoms with Gasteiger partial charge in [-0.3, -0.25) is 9.52 Å². The van der Waals surface area contributed by atoms with Gasteiger partial charge in [-0.1, -0.05) is 30.3 Å². The van der Waals surface area contributed by atoms with Gasteiger partial charge in [0.2, 0.25) is 0 Å². The maximum Gasteiger partial charge on any atom is 0.255 e. The van der Waals surface area contributed by atoms with Crippen LogP contribution >= 0.6 is 0 Å². The van der Waals surface area contributed by atoms with Crippen LogP contribution in [-0.4, -0.2) is 40.5 Å². The van der Waals surface area contributed by atoms with E-state index in [0.717, 1.165) is 23.9 Å². The van der Waals surface area contributed by atoms with Gasteiger partial charge in [-0.15, -0.1) is 0 Å². The molecular formula is C22H28N3O3S+. The van der Waals surface area contributed by atoms with Crippen molar-refractivity contribution in [1.82, 2.24) is 5.32 Å². The molecule has 3 rings (SSSR count). The molecule has 154 valence electrons. The number of quaternary nitrogens is 1. The molecule has 1 aliphatic heterocycles. The Morgan fingerprint density at radius 2 is 1.69 bits per heavy atom. The minimum Gasteiger partial charge on any atom is -0.352 e. The highest BCUT2D eigenvalue weighted by Gasteiger charge is 2.14. The molecule has 0 atom stereocenters. The quantitative estimate of drug-likeness (QED) is 0.549. The molecule has 0 aliphatic carbocycles. The molecule has 1 aliphatic rings. The molecule has 29 heavy (non-hydrogen) atoms. The monoisotopic (exact) mass is 414 g/mol. The first-order valence-corrected chi connectivity index (χ1v) is 11.5. The Morgan fingerprint density at radius 3 is 2.38 bits per heavy atom. The Labute approximate surface area is 172 Å². The van der Waals surface area contributed by atoms with E-state index in [4.69, 9.17) is 0 Å². The van der Waals surface area contributed by atoms with Crippen molar-refractivity contribution in [1.29, 1.82) is 0 Å². The maximum absolute atomic E-state index is 12.2. The molecule has 0 bridgehead atoms. The van der Waals surface area contributed by atoms with E-state index < -0.39 is 10.0 Å². The summed E-state index contributed by atoms with van der Waals surface area (Å²) in [6, 6.07) is 15.6. The Kier molecular flexibility index (Phi) is 7.43. The lowest BCUT2D eigenvalue weighted by atomic mass is 10.2. The van der Waals surface area contributed by atoms with Crippen molar-refractivity contribution >= 4 is 27.7 Å². The van der Waals surface area contributed by atoms with Crippen LogP contribution in [0.25, 0.3) is 6.08 Å². The van der Waals surface area contributed by atoms with E-state index in [9.17, 15) is 13.2 Å². The summed E-state index contributed by atoms with van der Waals surface area (Å²) in [5.41, 5.74) is 1.73. The zero-order valence-electron chi connectivity index (χ0n) is 16.4. The predicted molar refractivity (Wildman–Crippen MR) is 116 cm³/mol. The molecule has 1 amide bonds. The zero-order chi connectivity index (χ0) is 20.5. The van der Waals surface area contributed by atoms with Gasteiger partial charge in [0.1, 0.15) is 0 Å². The molecule has 1 fully saturated rings. The van der Waals surface area contributed by atoms with Crippen LogP contribution in [0, 0.1) is 0 Å². The van der Waals surface area contributed by atoms with Crippen LogP contribution in [0.1, 0.15) is 35.2 Å². The van der Waals surface area contributed by atoms with Crippen molar-refractivity contribution in [3.63, 3.8) is 0 Å². The van der Waals surface area contributed by atoms with Gasteiger partial charge in [0.15, 0.2) is 0 Å². The second-order valence-corrected chi connectivity index (χ2v) is 8.82. The number of carbonyl (C=O) groups is 1. The standard InChI is InChI=1S/C22H27N3O3S/c26-22(23-14-6-17-25-15-4-5-16-25)20-9-11-21(12-10-20)24-29(27,28)18-13-19-7-2-1-3-8-19/h1-3,7-13,18,24H,4-6,14-17H2,(H,23,26)/p+1/b18-13+. The summed E-state index contributed by atoms with van der Waals surface area (Å²) in [5, 5.41) is 4.06. The van der Waals surface area contributed by atoms with Gasteiger partial charge in [0.25, 0.3) is 15.9 Å². The SMILES string of the molecule is O=C(NCCC[NH+]1CCCC1)c1ccc(NS(=O)(=O)/C=C/c2ccccc2)cc1. The number of nitrogens with one attached hydrogen (secondary N) is 3. The molecule has 7 heteroatoms. The highest BCUT2D eigenvalue weighted by molar-refractivity contribution is 7.95. The lowest BCUT2D eigenvalue weighted by molar-refractivity contribution is -0.887. The second kappa shape index (κ2) is 10.2. The number of hydrogen-bond donors (Lipinski definition) is 3. The number of rotatable bonds is 9. The molecule has 0 unspecified atom stereocenters. The molecular weight excluding hydrogens is 386 g/mol. The van der Waals surface area contributed by atoms with Crippen LogP contribution < -0.4 is 14.9 Å². The van der Waals surface area contributed by atoms with Crippen molar-refractivity contribution in [3.05, 3.63) is 71.1 Å². The van der Waals surface area contributed by atoms with E-state index in [-0.39, 0.29) is 5.91 Å². The van der Waals surface area contributed by atoms with Crippen molar-refractivity contribution in [2.45, 2.75) is 19.3 Å². The predicted octanol–water partition coefficient (Wildman–Crippen LogP) is 1.90. The van der Waals surface area contributed by atoms with E-state index in [1.807, 2.05) is 30.3 Å². The number of carbonyl (C=O) groups excluding carboxylic acids is 1. The Morgan fingerprint density at radius 1 is 1.00 bits per heavy atom. The van der Waals surface area contributed by atoms with E-state index in [1.54, 1.807) is 29.2 Å². The van der Waals surface area contributed by atoms with Crippen molar-refractivity contribution < 1.29 is 18.1 Å². The number of anilines is 1. The van der Waals surface area contributed by atoms with Gasteiger partial charge >= 0.3 is 0 Å². The molecule has 0 aromatic heterocycles. The third kappa shape index (κ3) is 7.03. The van der Waals surface area contributed by atoms with Crippen molar-refractivity contribution in [2.75, 3.05) is 30.9 Å². The summed E-state index contributed by atoms with van der Waals surface area (Å²) >= 11 is 0. The van der Waals surface area contributed by atoms with E-state index in [2.05, 4.69) is 10.0 Å². The van der Waals surface area contributed by atoms with Gasteiger partial charge < -0.3 is 10.2 Å². The number of benzene rings is 2. The van der Waals surface area contributed by atoms with Crippen molar-refractivity contribution in [2.24, 2.45) is 0 Å². The molecule has 6 nitrogen and oxygen atoms in total. The summed E-state index contributed by atoms with van der Waals surface area (Å²) in [6.45, 7) is 4.23. The average molecular weight is 415 g/mol. The van der Waals surface area contributed by atoms with Gasteiger partial charge in [-0.2, -0.15) is 0 Å². The van der Waals surface area contributed by atoms with Gasteiger partial charge in [-0.05, 0) is 35.9 Å². The Balaban J connectivity index is 1.47. The van der Waals surface area contributed by atoms with E-state index >= 15 is 0 Å². The first kappa shape index (κ1) is 21.1. The maximum atomic E-state index is 12.2. The first-order chi connectivity index (χ1) is 14.0. The molecule has 0 spiro atoms. The highest BCUT2D eigenvalue weighted by atomic mass is 32.2. The Bertz CT molecular complexity index is 920. The second-order valence-electron chi connectivity index (χ2n) is 7.25. The molecule has 3 N–H and O–H groups in total.